The first-order chi connectivity index (χ1) is 33.5. The van der Waals surface area contributed by atoms with Gasteiger partial charge in [-0.25, -0.2) is 5.06 Å². The third-order valence-electron chi connectivity index (χ3n) is 21.1. The summed E-state index contributed by atoms with van der Waals surface area (Å²) in [4.78, 5) is 31.7. The van der Waals surface area contributed by atoms with Crippen molar-refractivity contribution in [3.8, 4) is 0 Å². The molecule has 2 N–H and O–H groups in total. The normalized spacial score (nSPS) is 38.5. The predicted molar refractivity (Wildman–Crippen MR) is 293 cm³/mol. The van der Waals surface area contributed by atoms with E-state index in [1.807, 2.05) is 74.5 Å². The Balaban J connectivity index is 0.000000187. The summed E-state index contributed by atoms with van der Waals surface area (Å²) in [5, 5.41) is 24.8. The summed E-state index contributed by atoms with van der Waals surface area (Å²) >= 11 is 0. The van der Waals surface area contributed by atoms with Gasteiger partial charge < -0.3 is 26.0 Å². The number of hydrogen-bond acceptors (Lipinski definition) is 7. The minimum Gasteiger partial charge on any atom is -0.464 e. The minimum absolute atomic E-state index is 0. The first-order valence-electron chi connectivity index (χ1n) is 28.0. The summed E-state index contributed by atoms with van der Waals surface area (Å²) in [5.41, 5.74) is 1.15. The van der Waals surface area contributed by atoms with E-state index in [1.54, 1.807) is 20.4 Å². The summed E-state index contributed by atoms with van der Waals surface area (Å²) < 4.78 is 11.1. The number of ketones is 1. The number of unbranched alkanes of at least 4 members (excludes halogenated alkanes) is 1. The van der Waals surface area contributed by atoms with Gasteiger partial charge in [0.15, 0.2) is 5.76 Å². The quantitative estimate of drug-likeness (QED) is 0.0886. The largest absolute Gasteiger partial charge is 1.00 e. The maximum atomic E-state index is 13.6. The molecule has 8 aliphatic rings. The molecule has 0 radical (unpaired) electrons. The number of nitrogens with zero attached hydrogens (tertiary/aromatic N) is 1. The number of furan rings is 2. The number of para-hydroxylation sites is 2. The number of hydrogen-bond donors (Lipinski definition) is 2. The minimum atomic E-state index is -0.450. The molecule has 0 saturated heterocycles. The van der Waals surface area contributed by atoms with E-state index < -0.39 is 11.2 Å². The number of rotatable bonds is 5. The van der Waals surface area contributed by atoms with Crippen LogP contribution in [0.3, 0.4) is 0 Å². The van der Waals surface area contributed by atoms with Crippen LogP contribution in [0.2, 0.25) is 0 Å². The number of benzene rings is 2. The van der Waals surface area contributed by atoms with E-state index in [4.69, 9.17) is 13.7 Å². The van der Waals surface area contributed by atoms with Crippen LogP contribution in [0.15, 0.2) is 75.8 Å². The van der Waals surface area contributed by atoms with Gasteiger partial charge in [-0.2, -0.15) is 6.42 Å². The van der Waals surface area contributed by atoms with E-state index in [0.29, 0.717) is 23.5 Å². The van der Waals surface area contributed by atoms with Crippen molar-refractivity contribution in [2.24, 2.45) is 81.8 Å². The first-order valence-corrected chi connectivity index (χ1v) is 28.0. The molecule has 73 heavy (non-hydrogen) atoms. The fourth-order valence-electron chi connectivity index (χ4n) is 17.5. The standard InChI is InChI=1S/C28H36O3.C22H37NO3.C8H6O.C4H9.2CH4.Li/c1-27(30)13-11-19-18(16-27)7-8-21-20(19)12-14-28(2)22(21)9-10-23(28)26(29)25-15-17-5-3-4-6-24(17)31-25;1-21(25)11-9-15-14(13-21)5-6-17-16(15)10-12-22(2)18(17)7-8-19(22)20(24)23(3)26-4;1-2-4-8-7(3-1)5-6-9-8;1-3-4-2;;;/h3-6,15,18-23,30H,7-14,16H2,1-2H3;14-19,25H,5-13H2,1-4H3;1-6H;1,3-4H2,2H3;2*1H4;/q;;;-1;;;+1/t18-,19+,20-,21-,22+,23-,27-,28+;14-,15+,16-,17-,18+,19-,21-,22+;;;;;/m11...../s1. The van der Waals surface area contributed by atoms with E-state index in [1.165, 1.54) is 88.5 Å². The Hall–Kier alpha value is -2.86. The third kappa shape index (κ3) is 11.9. The summed E-state index contributed by atoms with van der Waals surface area (Å²) in [7, 11) is 3.34. The molecule has 4 aromatic rings. The molecular weight excluding hydrogens is 902 g/mol. The Bertz CT molecular complexity index is 2340. The van der Waals surface area contributed by atoms with Crippen molar-refractivity contribution in [2.45, 2.75) is 189 Å². The molecule has 0 aliphatic heterocycles. The second kappa shape index (κ2) is 24.2. The fraction of sp³-hybridized carbons (Fsp3) is 0.703. The number of aliphatic hydroxyl groups is 2. The number of hydroxylamine groups is 2. The average Bonchev–Trinajstić information content (AvgIpc) is 4.17. The first kappa shape index (κ1) is 59.4. The Morgan fingerprint density at radius 3 is 1.63 bits per heavy atom. The van der Waals surface area contributed by atoms with E-state index in [-0.39, 0.29) is 68.1 Å². The van der Waals surface area contributed by atoms with Crippen LogP contribution >= 0.6 is 0 Å². The molecule has 2 heterocycles. The molecule has 9 heteroatoms. The molecule has 2 aromatic carbocycles. The molecule has 400 valence electrons. The molecule has 12 rings (SSSR count). The van der Waals surface area contributed by atoms with Gasteiger partial charge in [-0.1, -0.05) is 78.4 Å². The van der Waals surface area contributed by atoms with Crippen molar-refractivity contribution >= 4 is 33.6 Å². The second-order valence-electron chi connectivity index (χ2n) is 25.0. The van der Waals surface area contributed by atoms with Crippen LogP contribution in [0.25, 0.3) is 21.9 Å². The number of amides is 1. The van der Waals surface area contributed by atoms with Crippen molar-refractivity contribution in [1.29, 1.82) is 0 Å². The molecule has 8 aliphatic carbocycles. The Kier molecular flexibility index (Phi) is 19.7. The zero-order valence-corrected chi connectivity index (χ0v) is 45.0. The predicted octanol–water partition coefficient (Wildman–Crippen LogP) is 13.0. The molecule has 0 spiro atoms. The molecule has 1 amide bonds. The van der Waals surface area contributed by atoms with Gasteiger partial charge in [0.05, 0.1) is 24.6 Å². The van der Waals surface area contributed by atoms with Gasteiger partial charge in [-0.15, -0.1) is 0 Å². The van der Waals surface area contributed by atoms with Crippen LogP contribution in [0.5, 0.6) is 0 Å². The number of carbonyl (C=O) groups is 2. The van der Waals surface area contributed by atoms with Gasteiger partial charge >= 0.3 is 18.9 Å². The Morgan fingerprint density at radius 1 is 0.644 bits per heavy atom. The van der Waals surface area contributed by atoms with Gasteiger partial charge in [0.1, 0.15) is 11.2 Å². The smallest absolute Gasteiger partial charge is 0.464 e. The maximum Gasteiger partial charge on any atom is 1.00 e. The number of Topliss-reactive ketones (excluding diaryl/α,β-unsaturated/α-hetero) is 1. The molecule has 8 nitrogen and oxygen atoms in total. The third-order valence-corrected chi connectivity index (χ3v) is 21.1. The molecule has 0 unspecified atom stereocenters. The average molecular weight is 998 g/mol. The van der Waals surface area contributed by atoms with Crippen LogP contribution < -0.4 is 18.9 Å². The Morgan fingerprint density at radius 2 is 1.12 bits per heavy atom. The van der Waals surface area contributed by atoms with Gasteiger partial charge in [-0.05, 0) is 224 Å². The van der Waals surface area contributed by atoms with Gasteiger partial charge in [-0.3, -0.25) is 14.4 Å². The molecule has 8 fully saturated rings. The zero-order valence-electron chi connectivity index (χ0n) is 45.0. The SMILES string of the molecule is C.C.CON(C)C(=O)[C@H]1CC[C@H]2[C@@H]3CC[C@@H]4C[C@](C)(O)CC[C@@H]4[C@H]3CC[C@]12C.C[C@@]1(O)CC[C@H]2[C@H](CC[C@@H]3[C@@H]2CC[C@]2(C)[C@@H](C(=O)c4cc5ccccc5o4)CC[C@@H]32)C1.[CH2-]CCC.[Li+].c1ccc2occc2c1. The van der Waals surface area contributed by atoms with Crippen LogP contribution in [0, 0.1) is 88.8 Å². The van der Waals surface area contributed by atoms with Crippen molar-refractivity contribution < 1.29 is 52.3 Å². The van der Waals surface area contributed by atoms with Gasteiger partial charge in [0.25, 0.3) is 0 Å². The van der Waals surface area contributed by atoms with E-state index in [2.05, 4.69) is 27.7 Å². The molecular formula is C64H96LiNO7. The Labute approximate surface area is 453 Å². The summed E-state index contributed by atoms with van der Waals surface area (Å²) in [6.07, 6.45) is 24.8. The van der Waals surface area contributed by atoms with Crippen molar-refractivity contribution in [3.63, 3.8) is 0 Å². The van der Waals surface area contributed by atoms with E-state index in [9.17, 15) is 19.8 Å². The van der Waals surface area contributed by atoms with Gasteiger partial charge in [0, 0.05) is 29.7 Å². The van der Waals surface area contributed by atoms with Gasteiger partial charge in [0.2, 0.25) is 11.7 Å². The summed E-state index contributed by atoms with van der Waals surface area (Å²) in [6, 6.07) is 19.8. The van der Waals surface area contributed by atoms with Crippen LogP contribution in [-0.2, 0) is 9.63 Å². The zero-order chi connectivity index (χ0) is 49.6. The fourth-order valence-corrected chi connectivity index (χ4v) is 17.5. The van der Waals surface area contributed by atoms with Crippen LogP contribution in [0.4, 0.5) is 0 Å². The van der Waals surface area contributed by atoms with Crippen LogP contribution in [-0.4, -0.2) is 52.3 Å². The maximum absolute atomic E-state index is 13.6. The van der Waals surface area contributed by atoms with Crippen molar-refractivity contribution in [3.05, 3.63) is 79.6 Å². The number of fused-ring (bicyclic) bond motifs is 12. The molecule has 0 bridgehead atoms. The van der Waals surface area contributed by atoms with Crippen molar-refractivity contribution in [1.82, 2.24) is 5.06 Å². The summed E-state index contributed by atoms with van der Waals surface area (Å²) in [5.74, 6) is 8.85. The molecule has 8 saturated carbocycles. The monoisotopic (exact) mass is 998 g/mol. The molecule has 2 aromatic heterocycles. The topological polar surface area (TPSA) is 113 Å². The van der Waals surface area contributed by atoms with Crippen molar-refractivity contribution in [2.75, 3.05) is 14.2 Å². The second-order valence-corrected chi connectivity index (χ2v) is 25.0. The summed E-state index contributed by atoms with van der Waals surface area (Å²) in [6.45, 7) is 14.6. The van der Waals surface area contributed by atoms with E-state index in [0.717, 1.165) is 108 Å². The van der Waals surface area contributed by atoms with E-state index >= 15 is 0 Å². The molecule has 16 atom stereocenters. The van der Waals surface area contributed by atoms with Crippen LogP contribution in [0.1, 0.15) is 188 Å². The number of carbonyl (C=O) groups excluding carboxylic acids is 2.